The summed E-state index contributed by atoms with van der Waals surface area (Å²) >= 11 is 0. The molecule has 1 aliphatic heterocycles. The van der Waals surface area contributed by atoms with Gasteiger partial charge in [0, 0.05) is 25.2 Å². The molecule has 128 valence electrons. The number of carbonyl (C=O) groups excluding carboxylic acids is 2. The van der Waals surface area contributed by atoms with Crippen LogP contribution < -0.4 is 11.1 Å². The molecule has 0 bridgehead atoms. The smallest absolute Gasteiger partial charge is 0.244 e. The van der Waals surface area contributed by atoms with Crippen LogP contribution in [0.1, 0.15) is 25.3 Å². The predicted octanol–water partition coefficient (Wildman–Crippen LogP) is 1.71. The Balaban J connectivity index is 1.79. The fraction of sp³-hybridized carbons (Fsp3) is 0.368. The summed E-state index contributed by atoms with van der Waals surface area (Å²) in [5, 5.41) is 2.98. The Morgan fingerprint density at radius 2 is 2.08 bits per heavy atom. The van der Waals surface area contributed by atoms with Crippen LogP contribution in [-0.2, 0) is 9.59 Å². The van der Waals surface area contributed by atoms with Crippen molar-refractivity contribution in [3.8, 4) is 0 Å². The molecule has 0 unspecified atom stereocenters. The molecule has 0 saturated carbocycles. The van der Waals surface area contributed by atoms with Gasteiger partial charge in [-0.2, -0.15) is 0 Å². The minimum absolute atomic E-state index is 0.0395. The normalized spacial score (nSPS) is 16.6. The van der Waals surface area contributed by atoms with Crippen LogP contribution in [0.3, 0.4) is 0 Å². The lowest BCUT2D eigenvalue weighted by Crippen LogP contribution is -2.39. The van der Waals surface area contributed by atoms with Gasteiger partial charge in [-0.15, -0.1) is 0 Å². The van der Waals surface area contributed by atoms with E-state index in [1.165, 1.54) is 5.57 Å². The van der Waals surface area contributed by atoms with E-state index in [1.54, 1.807) is 12.2 Å². The first kappa shape index (κ1) is 17.9. The molecule has 0 spiro atoms. The van der Waals surface area contributed by atoms with Gasteiger partial charge >= 0.3 is 0 Å². The first-order valence-electron chi connectivity index (χ1n) is 8.25. The standard InChI is InChI=1S/C19H25N3O2/c1-15(12-17-8-5-11-22(13-17)14-18(20)23)21-19(24)10-9-16-6-3-2-4-7-16/h2-4,6-10,15H,5,11-14H2,1H3,(H2,20,23)(H,21,24)/b10-9+/t15-/m1/s1. The van der Waals surface area contributed by atoms with Crippen molar-refractivity contribution in [1.29, 1.82) is 0 Å². The number of carbonyl (C=O) groups is 2. The van der Waals surface area contributed by atoms with Crippen molar-refractivity contribution in [3.05, 3.63) is 53.6 Å². The molecule has 1 atom stereocenters. The second-order valence-corrected chi connectivity index (χ2v) is 6.19. The molecule has 0 radical (unpaired) electrons. The fourth-order valence-corrected chi connectivity index (χ4v) is 2.86. The third-order valence-corrected chi connectivity index (χ3v) is 3.87. The quantitative estimate of drug-likeness (QED) is 0.591. The van der Waals surface area contributed by atoms with E-state index in [9.17, 15) is 9.59 Å². The monoisotopic (exact) mass is 327 g/mol. The third-order valence-electron chi connectivity index (χ3n) is 3.87. The largest absolute Gasteiger partial charge is 0.369 e. The molecule has 5 heteroatoms. The van der Waals surface area contributed by atoms with E-state index in [2.05, 4.69) is 11.4 Å². The van der Waals surface area contributed by atoms with Crippen LogP contribution in [-0.4, -0.2) is 42.4 Å². The molecular formula is C19H25N3O2. The van der Waals surface area contributed by atoms with Crippen LogP contribution >= 0.6 is 0 Å². The number of nitrogens with one attached hydrogen (secondary N) is 1. The van der Waals surface area contributed by atoms with E-state index < -0.39 is 0 Å². The summed E-state index contributed by atoms with van der Waals surface area (Å²) in [6, 6.07) is 9.76. The highest BCUT2D eigenvalue weighted by Crippen LogP contribution is 2.14. The van der Waals surface area contributed by atoms with Crippen molar-refractivity contribution in [2.45, 2.75) is 25.8 Å². The van der Waals surface area contributed by atoms with Gasteiger partial charge in [-0.1, -0.05) is 42.0 Å². The van der Waals surface area contributed by atoms with Crippen molar-refractivity contribution in [2.24, 2.45) is 5.73 Å². The molecule has 0 fully saturated rings. The zero-order valence-corrected chi connectivity index (χ0v) is 14.1. The minimum atomic E-state index is -0.302. The topological polar surface area (TPSA) is 75.4 Å². The van der Waals surface area contributed by atoms with Crippen LogP contribution in [0.2, 0.25) is 0 Å². The summed E-state index contributed by atoms with van der Waals surface area (Å²) in [5.41, 5.74) is 7.49. The Hall–Kier alpha value is -2.40. The number of benzene rings is 1. The lowest BCUT2D eigenvalue weighted by Gasteiger charge is -2.27. The van der Waals surface area contributed by atoms with Gasteiger partial charge in [0.15, 0.2) is 0 Å². The van der Waals surface area contributed by atoms with Crippen LogP contribution in [0.15, 0.2) is 48.1 Å². The maximum atomic E-state index is 12.0. The van der Waals surface area contributed by atoms with E-state index in [0.717, 1.165) is 31.5 Å². The number of rotatable bonds is 7. The zero-order chi connectivity index (χ0) is 17.4. The Morgan fingerprint density at radius 3 is 2.79 bits per heavy atom. The maximum absolute atomic E-state index is 12.0. The Morgan fingerprint density at radius 1 is 1.33 bits per heavy atom. The number of hydrogen-bond donors (Lipinski definition) is 2. The lowest BCUT2D eigenvalue weighted by molar-refractivity contribution is -0.119. The van der Waals surface area contributed by atoms with Gasteiger partial charge in [-0.3, -0.25) is 14.5 Å². The number of primary amides is 1. The average Bonchev–Trinajstić information content (AvgIpc) is 2.53. The Labute approximate surface area is 143 Å². The maximum Gasteiger partial charge on any atom is 0.244 e. The summed E-state index contributed by atoms with van der Waals surface area (Å²) in [4.78, 5) is 25.1. The van der Waals surface area contributed by atoms with Gasteiger partial charge in [0.1, 0.15) is 0 Å². The van der Waals surface area contributed by atoms with Gasteiger partial charge in [0.05, 0.1) is 6.54 Å². The zero-order valence-electron chi connectivity index (χ0n) is 14.1. The summed E-state index contributed by atoms with van der Waals surface area (Å²) < 4.78 is 0. The Bertz CT molecular complexity index is 623. The fourth-order valence-electron chi connectivity index (χ4n) is 2.86. The molecule has 3 N–H and O–H groups in total. The predicted molar refractivity (Wildman–Crippen MR) is 96.0 cm³/mol. The summed E-state index contributed by atoms with van der Waals surface area (Å²) in [7, 11) is 0. The first-order valence-corrected chi connectivity index (χ1v) is 8.25. The van der Waals surface area contributed by atoms with Crippen molar-refractivity contribution >= 4 is 17.9 Å². The molecule has 2 rings (SSSR count). The van der Waals surface area contributed by atoms with E-state index in [-0.39, 0.29) is 24.4 Å². The van der Waals surface area contributed by atoms with Gasteiger partial charge in [-0.25, -0.2) is 0 Å². The van der Waals surface area contributed by atoms with Gasteiger partial charge < -0.3 is 11.1 Å². The third kappa shape index (κ3) is 6.38. The van der Waals surface area contributed by atoms with Crippen molar-refractivity contribution in [1.82, 2.24) is 10.2 Å². The SMILES string of the molecule is C[C@H](CC1=CCCN(CC(N)=O)C1)NC(=O)/C=C/c1ccccc1. The molecule has 0 aromatic heterocycles. The molecule has 5 nitrogen and oxygen atoms in total. The lowest BCUT2D eigenvalue weighted by atomic mass is 10.0. The average molecular weight is 327 g/mol. The number of nitrogens with two attached hydrogens (primary N) is 1. The van der Waals surface area contributed by atoms with E-state index in [0.29, 0.717) is 0 Å². The highest BCUT2D eigenvalue weighted by Gasteiger charge is 2.16. The summed E-state index contributed by atoms with van der Waals surface area (Å²) in [5.74, 6) is -0.402. The van der Waals surface area contributed by atoms with Crippen molar-refractivity contribution in [3.63, 3.8) is 0 Å². The first-order chi connectivity index (χ1) is 11.5. The molecule has 2 amide bonds. The number of hydrogen-bond acceptors (Lipinski definition) is 3. The van der Waals surface area contributed by atoms with Crippen molar-refractivity contribution in [2.75, 3.05) is 19.6 Å². The minimum Gasteiger partial charge on any atom is -0.369 e. The van der Waals surface area contributed by atoms with Gasteiger partial charge in [0.2, 0.25) is 11.8 Å². The second-order valence-electron chi connectivity index (χ2n) is 6.19. The molecular weight excluding hydrogens is 302 g/mol. The Kier molecular flexibility index (Phi) is 6.75. The van der Waals surface area contributed by atoms with Gasteiger partial charge in [-0.05, 0) is 31.4 Å². The number of amides is 2. The highest BCUT2D eigenvalue weighted by atomic mass is 16.2. The molecule has 0 saturated heterocycles. The summed E-state index contributed by atoms with van der Waals surface area (Å²) in [6.45, 7) is 3.87. The van der Waals surface area contributed by atoms with E-state index in [1.807, 2.05) is 42.2 Å². The van der Waals surface area contributed by atoms with Gasteiger partial charge in [0.25, 0.3) is 0 Å². The molecule has 1 aromatic rings. The second kappa shape index (κ2) is 9.03. The van der Waals surface area contributed by atoms with Crippen LogP contribution in [0.5, 0.6) is 0 Å². The molecule has 1 heterocycles. The van der Waals surface area contributed by atoms with Crippen LogP contribution in [0, 0.1) is 0 Å². The molecule has 24 heavy (non-hydrogen) atoms. The summed E-state index contributed by atoms with van der Waals surface area (Å²) in [6.07, 6.45) is 7.24. The van der Waals surface area contributed by atoms with Crippen LogP contribution in [0.4, 0.5) is 0 Å². The molecule has 1 aromatic carbocycles. The van der Waals surface area contributed by atoms with Crippen LogP contribution in [0.25, 0.3) is 6.08 Å². The molecule has 1 aliphatic rings. The van der Waals surface area contributed by atoms with E-state index in [4.69, 9.17) is 5.73 Å². The highest BCUT2D eigenvalue weighted by molar-refractivity contribution is 5.91. The molecule has 0 aliphatic carbocycles. The van der Waals surface area contributed by atoms with Crippen molar-refractivity contribution < 1.29 is 9.59 Å². The van der Waals surface area contributed by atoms with E-state index >= 15 is 0 Å². The number of nitrogens with zero attached hydrogens (tertiary/aromatic N) is 1.